The second-order valence-electron chi connectivity index (χ2n) is 5.21. The number of methoxy groups -OCH3 is 1. The molecule has 0 saturated heterocycles. The molecule has 0 fully saturated rings. The zero-order valence-corrected chi connectivity index (χ0v) is 13.7. The van der Waals surface area contributed by atoms with Gasteiger partial charge in [0.25, 0.3) is 11.8 Å². The summed E-state index contributed by atoms with van der Waals surface area (Å²) in [6.45, 7) is 0.434. The van der Waals surface area contributed by atoms with E-state index >= 15 is 0 Å². The SMILES string of the molecule is COc1ccc(CNC2=CC(=O)N(c3ccc(Cl)cc3)C2=O)cc1. The van der Waals surface area contributed by atoms with E-state index in [0.717, 1.165) is 16.2 Å². The summed E-state index contributed by atoms with van der Waals surface area (Å²) in [5.41, 5.74) is 1.74. The van der Waals surface area contributed by atoms with Crippen LogP contribution in [0.3, 0.4) is 0 Å². The van der Waals surface area contributed by atoms with Crippen molar-refractivity contribution in [2.75, 3.05) is 12.0 Å². The number of nitrogens with one attached hydrogen (secondary N) is 1. The molecule has 0 unspecified atom stereocenters. The molecule has 6 heteroatoms. The molecule has 0 spiro atoms. The molecule has 1 heterocycles. The van der Waals surface area contributed by atoms with E-state index in [9.17, 15) is 9.59 Å². The van der Waals surface area contributed by atoms with Crippen LogP contribution < -0.4 is 15.0 Å². The van der Waals surface area contributed by atoms with Crippen LogP contribution in [0.25, 0.3) is 0 Å². The number of anilines is 1. The molecular weight excluding hydrogens is 328 g/mol. The molecule has 24 heavy (non-hydrogen) atoms. The molecule has 122 valence electrons. The Balaban J connectivity index is 1.68. The van der Waals surface area contributed by atoms with Crippen LogP contribution >= 0.6 is 11.6 Å². The van der Waals surface area contributed by atoms with Crippen molar-refractivity contribution >= 4 is 29.1 Å². The van der Waals surface area contributed by atoms with E-state index in [2.05, 4.69) is 5.32 Å². The fourth-order valence-corrected chi connectivity index (χ4v) is 2.50. The number of rotatable bonds is 5. The number of nitrogens with zero attached hydrogens (tertiary/aromatic N) is 1. The molecule has 5 nitrogen and oxygen atoms in total. The van der Waals surface area contributed by atoms with Crippen molar-refractivity contribution in [3.05, 3.63) is 70.9 Å². The van der Waals surface area contributed by atoms with Crippen LogP contribution in [0.1, 0.15) is 5.56 Å². The topological polar surface area (TPSA) is 58.6 Å². The van der Waals surface area contributed by atoms with Gasteiger partial charge in [-0.2, -0.15) is 0 Å². The maximum absolute atomic E-state index is 12.4. The van der Waals surface area contributed by atoms with E-state index in [1.807, 2.05) is 24.3 Å². The lowest BCUT2D eigenvalue weighted by atomic mass is 10.2. The predicted molar refractivity (Wildman–Crippen MR) is 91.9 cm³/mol. The van der Waals surface area contributed by atoms with Gasteiger partial charge >= 0.3 is 0 Å². The van der Waals surface area contributed by atoms with Gasteiger partial charge in [0.15, 0.2) is 0 Å². The third-order valence-electron chi connectivity index (χ3n) is 3.65. The average Bonchev–Trinajstić information content (AvgIpc) is 2.88. The monoisotopic (exact) mass is 342 g/mol. The number of halogens is 1. The van der Waals surface area contributed by atoms with Gasteiger partial charge in [0, 0.05) is 17.6 Å². The molecule has 0 bridgehead atoms. The second kappa shape index (κ2) is 6.76. The van der Waals surface area contributed by atoms with Gasteiger partial charge in [0.05, 0.1) is 12.8 Å². The normalized spacial score (nSPS) is 13.9. The smallest absolute Gasteiger partial charge is 0.281 e. The average molecular weight is 343 g/mol. The largest absolute Gasteiger partial charge is 0.497 e. The molecule has 0 atom stereocenters. The van der Waals surface area contributed by atoms with Gasteiger partial charge in [0.1, 0.15) is 11.4 Å². The number of carbonyl (C=O) groups excluding carboxylic acids is 2. The summed E-state index contributed by atoms with van der Waals surface area (Å²) in [4.78, 5) is 25.7. The van der Waals surface area contributed by atoms with Gasteiger partial charge in [0.2, 0.25) is 0 Å². The first kappa shape index (κ1) is 16.1. The quantitative estimate of drug-likeness (QED) is 0.849. The molecule has 3 rings (SSSR count). The first-order valence-corrected chi connectivity index (χ1v) is 7.69. The minimum absolute atomic E-state index is 0.269. The van der Waals surface area contributed by atoms with Gasteiger partial charge in [-0.05, 0) is 42.0 Å². The highest BCUT2D eigenvalue weighted by Crippen LogP contribution is 2.23. The second-order valence-corrected chi connectivity index (χ2v) is 5.65. The predicted octanol–water partition coefficient (Wildman–Crippen LogP) is 2.90. The Labute approximate surface area is 144 Å². The van der Waals surface area contributed by atoms with E-state index in [4.69, 9.17) is 16.3 Å². The van der Waals surface area contributed by atoms with E-state index in [1.165, 1.54) is 6.08 Å². The fourth-order valence-electron chi connectivity index (χ4n) is 2.37. The summed E-state index contributed by atoms with van der Waals surface area (Å²) in [7, 11) is 1.60. The van der Waals surface area contributed by atoms with Gasteiger partial charge in [-0.3, -0.25) is 9.59 Å². The zero-order valence-electron chi connectivity index (χ0n) is 13.0. The molecule has 0 aliphatic carbocycles. The lowest BCUT2D eigenvalue weighted by Crippen LogP contribution is -2.33. The van der Waals surface area contributed by atoms with E-state index in [1.54, 1.807) is 31.4 Å². The van der Waals surface area contributed by atoms with Crippen molar-refractivity contribution < 1.29 is 14.3 Å². The Bertz CT molecular complexity index is 798. The van der Waals surface area contributed by atoms with E-state index in [0.29, 0.717) is 17.3 Å². The molecule has 1 N–H and O–H groups in total. The van der Waals surface area contributed by atoms with Crippen LogP contribution in [0.5, 0.6) is 5.75 Å². The lowest BCUT2D eigenvalue weighted by molar-refractivity contribution is -0.120. The third-order valence-corrected chi connectivity index (χ3v) is 3.90. The van der Waals surface area contributed by atoms with Gasteiger partial charge in [-0.25, -0.2) is 4.90 Å². The minimum Gasteiger partial charge on any atom is -0.497 e. The van der Waals surface area contributed by atoms with Crippen LogP contribution in [0.2, 0.25) is 5.02 Å². The Kier molecular flexibility index (Phi) is 4.53. The summed E-state index contributed by atoms with van der Waals surface area (Å²) in [5, 5.41) is 3.55. The van der Waals surface area contributed by atoms with Crippen molar-refractivity contribution in [3.8, 4) is 5.75 Å². The maximum atomic E-state index is 12.4. The van der Waals surface area contributed by atoms with Crippen molar-refractivity contribution in [2.45, 2.75) is 6.54 Å². The molecule has 0 saturated carbocycles. The highest BCUT2D eigenvalue weighted by molar-refractivity contribution is 6.32. The number of ether oxygens (including phenoxy) is 1. The first-order chi connectivity index (χ1) is 11.6. The fraction of sp³-hybridized carbons (Fsp3) is 0.111. The van der Waals surface area contributed by atoms with Crippen molar-refractivity contribution in [2.24, 2.45) is 0 Å². The van der Waals surface area contributed by atoms with E-state index in [-0.39, 0.29) is 17.5 Å². The highest BCUT2D eigenvalue weighted by Gasteiger charge is 2.32. The summed E-state index contributed by atoms with van der Waals surface area (Å²) in [6, 6.07) is 14.0. The van der Waals surface area contributed by atoms with E-state index < -0.39 is 0 Å². The Hall–Kier alpha value is -2.79. The van der Waals surface area contributed by atoms with Gasteiger partial charge in [-0.15, -0.1) is 0 Å². The van der Waals surface area contributed by atoms with Crippen LogP contribution in [0, 0.1) is 0 Å². The van der Waals surface area contributed by atoms with Crippen LogP contribution in [0.4, 0.5) is 5.69 Å². The Morgan fingerprint density at radius 3 is 2.33 bits per heavy atom. The summed E-state index contributed by atoms with van der Waals surface area (Å²) in [6.07, 6.45) is 1.31. The van der Waals surface area contributed by atoms with Gasteiger partial charge < -0.3 is 10.1 Å². The molecule has 0 radical (unpaired) electrons. The third kappa shape index (κ3) is 3.26. The zero-order chi connectivity index (χ0) is 17.1. The van der Waals surface area contributed by atoms with Crippen LogP contribution in [-0.4, -0.2) is 18.9 Å². The first-order valence-electron chi connectivity index (χ1n) is 7.31. The van der Waals surface area contributed by atoms with Crippen LogP contribution in [0.15, 0.2) is 60.3 Å². The number of hydrogen-bond donors (Lipinski definition) is 1. The lowest BCUT2D eigenvalue weighted by Gasteiger charge is -2.15. The minimum atomic E-state index is -0.379. The number of benzene rings is 2. The Morgan fingerprint density at radius 1 is 1.04 bits per heavy atom. The number of hydrogen-bond acceptors (Lipinski definition) is 4. The van der Waals surface area contributed by atoms with Crippen molar-refractivity contribution in [1.29, 1.82) is 0 Å². The molecular formula is C18H15ClN2O3. The van der Waals surface area contributed by atoms with Crippen molar-refractivity contribution in [1.82, 2.24) is 5.32 Å². The molecule has 1 aliphatic rings. The van der Waals surface area contributed by atoms with Gasteiger partial charge in [-0.1, -0.05) is 23.7 Å². The molecule has 0 aromatic heterocycles. The Morgan fingerprint density at radius 2 is 1.71 bits per heavy atom. The highest BCUT2D eigenvalue weighted by atomic mass is 35.5. The summed E-state index contributed by atoms with van der Waals surface area (Å²) in [5.74, 6) is 0.00869. The molecule has 2 aromatic carbocycles. The summed E-state index contributed by atoms with van der Waals surface area (Å²) < 4.78 is 5.10. The van der Waals surface area contributed by atoms with Crippen LogP contribution in [-0.2, 0) is 16.1 Å². The van der Waals surface area contributed by atoms with Crippen molar-refractivity contribution in [3.63, 3.8) is 0 Å². The summed E-state index contributed by atoms with van der Waals surface area (Å²) >= 11 is 5.84. The number of imide groups is 1. The maximum Gasteiger partial charge on any atom is 0.281 e. The number of amides is 2. The molecule has 2 amide bonds. The molecule has 1 aliphatic heterocycles. The standard InChI is InChI=1S/C18H15ClN2O3/c1-24-15-8-2-12(3-9-15)11-20-16-10-17(22)21(18(16)23)14-6-4-13(19)5-7-14/h2-10,20H,11H2,1H3. The molecule has 2 aromatic rings. The number of carbonyl (C=O) groups is 2.